The van der Waals surface area contributed by atoms with Crippen LogP contribution in [0.25, 0.3) is 28.0 Å². The highest BCUT2D eigenvalue weighted by Crippen LogP contribution is 2.37. The third kappa shape index (κ3) is 5.86. The lowest BCUT2D eigenvalue weighted by Gasteiger charge is -2.40. The molecule has 1 aliphatic heterocycles. The Balaban J connectivity index is 1.81. The minimum atomic E-state index is -0.496. The fourth-order valence-corrected chi connectivity index (χ4v) is 6.31. The van der Waals surface area contributed by atoms with Crippen LogP contribution in [0.5, 0.6) is 0 Å². The van der Waals surface area contributed by atoms with Crippen LogP contribution in [0, 0.1) is 12.7 Å². The van der Waals surface area contributed by atoms with E-state index in [2.05, 4.69) is 42.4 Å². The molecule has 0 aliphatic carbocycles. The highest BCUT2D eigenvalue weighted by molar-refractivity contribution is 6.33. The summed E-state index contributed by atoms with van der Waals surface area (Å²) < 4.78 is 16.6. The van der Waals surface area contributed by atoms with Gasteiger partial charge in [0.05, 0.1) is 21.8 Å². The summed E-state index contributed by atoms with van der Waals surface area (Å²) in [6, 6.07) is 12.1. The summed E-state index contributed by atoms with van der Waals surface area (Å²) in [6.07, 6.45) is 1.31. The average Bonchev–Trinajstić information content (AvgIpc) is 2.96. The van der Waals surface area contributed by atoms with Gasteiger partial charge in [0.2, 0.25) is 5.91 Å². The number of hydrogen-bond donors (Lipinski definition) is 0. The fourth-order valence-electron chi connectivity index (χ4n) is 6.06. The number of fused-ring (bicyclic) bond motifs is 1. The number of carbonyl (C=O) groups excluding carboxylic acids is 1. The Morgan fingerprint density at radius 1 is 1.18 bits per heavy atom. The van der Waals surface area contributed by atoms with E-state index in [1.807, 2.05) is 32.8 Å². The molecule has 0 unspecified atom stereocenters. The fraction of sp³-hybridized carbons (Fsp3) is 0.353. The van der Waals surface area contributed by atoms with Crippen molar-refractivity contribution in [3.05, 3.63) is 93.1 Å². The van der Waals surface area contributed by atoms with Crippen LogP contribution in [0.1, 0.15) is 43.4 Å². The number of rotatable bonds is 7. The van der Waals surface area contributed by atoms with Crippen molar-refractivity contribution in [2.24, 2.45) is 0 Å². The maximum absolute atomic E-state index is 15.1. The summed E-state index contributed by atoms with van der Waals surface area (Å²) in [7, 11) is 4.04. The van der Waals surface area contributed by atoms with Gasteiger partial charge in [-0.15, -0.1) is 0 Å². The maximum atomic E-state index is 15.1. The van der Waals surface area contributed by atoms with Gasteiger partial charge >= 0.3 is 5.69 Å². The molecule has 0 spiro atoms. The molecule has 0 N–H and O–H groups in total. The van der Waals surface area contributed by atoms with E-state index < -0.39 is 11.5 Å². The molecule has 230 valence electrons. The lowest BCUT2D eigenvalue weighted by atomic mass is 9.94. The number of carbonyl (C=O) groups is 1. The monoisotopic (exact) mass is 616 g/mol. The van der Waals surface area contributed by atoms with E-state index in [4.69, 9.17) is 16.6 Å². The molecule has 10 heteroatoms. The number of nitrogens with zero attached hydrogens (tertiary/aromatic N) is 6. The molecular weight excluding hydrogens is 579 g/mol. The second-order valence-corrected chi connectivity index (χ2v) is 12.4. The SMILES string of the molecule is C=CC(=O)N1CCN(c2nc(=O)n(-c3c(C)cc(CN(C)C)cc3C(C)C)c3nc(-c4ccccc4F)c(Cl)cc23)[C@@H](C)C1. The minimum Gasteiger partial charge on any atom is -0.350 e. The average molecular weight is 617 g/mol. The van der Waals surface area contributed by atoms with Crippen molar-refractivity contribution in [3.8, 4) is 16.9 Å². The lowest BCUT2D eigenvalue weighted by molar-refractivity contribution is -0.126. The van der Waals surface area contributed by atoms with Crippen LogP contribution < -0.4 is 10.6 Å². The molecule has 0 saturated carbocycles. The quantitative estimate of drug-likeness (QED) is 0.239. The number of amides is 1. The van der Waals surface area contributed by atoms with Crippen LogP contribution >= 0.6 is 11.6 Å². The van der Waals surface area contributed by atoms with E-state index >= 15 is 4.39 Å². The van der Waals surface area contributed by atoms with E-state index in [0.717, 1.165) is 23.2 Å². The summed E-state index contributed by atoms with van der Waals surface area (Å²) in [6.45, 7) is 13.8. The van der Waals surface area contributed by atoms with E-state index in [1.165, 1.54) is 12.1 Å². The molecule has 1 fully saturated rings. The summed E-state index contributed by atoms with van der Waals surface area (Å²) >= 11 is 6.83. The molecule has 0 bridgehead atoms. The van der Waals surface area contributed by atoms with E-state index in [1.54, 1.807) is 33.7 Å². The molecule has 44 heavy (non-hydrogen) atoms. The zero-order chi connectivity index (χ0) is 31.9. The standard InChI is InChI=1S/C34H38ClFN6O2/c1-8-29(43)40-13-14-41(22(5)18-40)32-26-17-27(35)30(24-11-9-10-12-28(24)36)37-33(26)42(34(44)38-32)31-21(4)15-23(19-39(6)7)16-25(31)20(2)3/h8-12,15-17,20,22H,1,13-14,18-19H2,2-7H3/t22-/m0/s1. The molecule has 1 saturated heterocycles. The molecule has 2 aromatic heterocycles. The van der Waals surface area contributed by atoms with Crippen LogP contribution in [-0.4, -0.2) is 70.0 Å². The predicted molar refractivity (Wildman–Crippen MR) is 175 cm³/mol. The van der Waals surface area contributed by atoms with Crippen LogP contribution in [0.2, 0.25) is 5.02 Å². The maximum Gasteiger partial charge on any atom is 0.355 e. The summed E-state index contributed by atoms with van der Waals surface area (Å²) in [5.74, 6) is -0.0882. The van der Waals surface area contributed by atoms with Crippen molar-refractivity contribution in [1.29, 1.82) is 0 Å². The molecule has 3 heterocycles. The first-order valence-electron chi connectivity index (χ1n) is 14.8. The van der Waals surface area contributed by atoms with Gasteiger partial charge in [-0.25, -0.2) is 18.7 Å². The number of aryl methyl sites for hydroxylation is 1. The third-order valence-electron chi connectivity index (χ3n) is 8.05. The summed E-state index contributed by atoms with van der Waals surface area (Å²) in [5, 5.41) is 0.808. The van der Waals surface area contributed by atoms with Crippen LogP contribution in [-0.2, 0) is 11.3 Å². The van der Waals surface area contributed by atoms with Crippen molar-refractivity contribution in [3.63, 3.8) is 0 Å². The molecule has 4 aromatic rings. The normalized spacial score (nSPS) is 15.5. The van der Waals surface area contributed by atoms with Gasteiger partial charge in [0.1, 0.15) is 11.6 Å². The van der Waals surface area contributed by atoms with Crippen LogP contribution in [0.15, 0.2) is 59.9 Å². The first-order valence-corrected chi connectivity index (χ1v) is 15.1. The van der Waals surface area contributed by atoms with Crippen molar-refractivity contribution < 1.29 is 9.18 Å². The number of piperazine rings is 1. The number of halogens is 2. The van der Waals surface area contributed by atoms with Crippen molar-refractivity contribution >= 4 is 34.4 Å². The molecule has 1 atom stereocenters. The second kappa shape index (κ2) is 12.5. The van der Waals surface area contributed by atoms with Gasteiger partial charge in [0.25, 0.3) is 0 Å². The first-order chi connectivity index (χ1) is 20.9. The van der Waals surface area contributed by atoms with Gasteiger partial charge in [-0.3, -0.25) is 4.79 Å². The first kappa shape index (κ1) is 31.3. The molecule has 5 rings (SSSR count). The predicted octanol–water partition coefficient (Wildman–Crippen LogP) is 5.96. The summed E-state index contributed by atoms with van der Waals surface area (Å²) in [4.78, 5) is 42.0. The lowest BCUT2D eigenvalue weighted by Crippen LogP contribution is -2.54. The molecule has 1 amide bonds. The van der Waals surface area contributed by atoms with E-state index in [-0.39, 0.29) is 34.1 Å². The second-order valence-electron chi connectivity index (χ2n) is 12.0. The topological polar surface area (TPSA) is 74.6 Å². The number of aromatic nitrogens is 3. The highest BCUT2D eigenvalue weighted by Gasteiger charge is 2.30. The Labute approximate surface area is 262 Å². The third-order valence-corrected chi connectivity index (χ3v) is 8.34. The van der Waals surface area contributed by atoms with Crippen molar-refractivity contribution in [2.75, 3.05) is 38.6 Å². The van der Waals surface area contributed by atoms with Gasteiger partial charge in [0.15, 0.2) is 5.65 Å². The molecule has 0 radical (unpaired) electrons. The Bertz CT molecular complexity index is 1820. The van der Waals surface area contributed by atoms with E-state index in [0.29, 0.717) is 42.2 Å². The number of benzene rings is 2. The van der Waals surface area contributed by atoms with Crippen molar-refractivity contribution in [1.82, 2.24) is 24.3 Å². The molecule has 2 aromatic carbocycles. The zero-order valence-corrected chi connectivity index (χ0v) is 26.8. The van der Waals surface area contributed by atoms with Crippen molar-refractivity contribution in [2.45, 2.75) is 46.2 Å². The smallest absolute Gasteiger partial charge is 0.350 e. The number of hydrogen-bond acceptors (Lipinski definition) is 6. The number of anilines is 1. The van der Waals surface area contributed by atoms with Gasteiger partial charge in [0, 0.05) is 37.8 Å². The minimum absolute atomic E-state index is 0.0845. The largest absolute Gasteiger partial charge is 0.355 e. The zero-order valence-electron chi connectivity index (χ0n) is 26.1. The Morgan fingerprint density at radius 3 is 2.55 bits per heavy atom. The van der Waals surface area contributed by atoms with Gasteiger partial charge < -0.3 is 14.7 Å². The van der Waals surface area contributed by atoms with Gasteiger partial charge in [-0.1, -0.05) is 56.3 Å². The Hall–Kier alpha value is -4.08. The van der Waals surface area contributed by atoms with Crippen LogP contribution in [0.3, 0.4) is 0 Å². The molecule has 1 aliphatic rings. The Kier molecular flexibility index (Phi) is 8.90. The van der Waals surface area contributed by atoms with Crippen LogP contribution in [0.4, 0.5) is 10.2 Å². The van der Waals surface area contributed by atoms with Gasteiger partial charge in [-0.05, 0) is 74.8 Å². The highest BCUT2D eigenvalue weighted by atomic mass is 35.5. The molecule has 8 nitrogen and oxygen atoms in total. The molecular formula is C34H38ClFN6O2. The van der Waals surface area contributed by atoms with Gasteiger partial charge in [-0.2, -0.15) is 4.98 Å². The number of pyridine rings is 1. The van der Waals surface area contributed by atoms with E-state index in [9.17, 15) is 9.59 Å². The Morgan fingerprint density at radius 2 is 1.91 bits per heavy atom. The summed E-state index contributed by atoms with van der Waals surface area (Å²) in [5.41, 5.74) is 4.04.